The van der Waals surface area contributed by atoms with Gasteiger partial charge in [-0.1, -0.05) is 30.3 Å². The zero-order chi connectivity index (χ0) is 19.9. The third kappa shape index (κ3) is 5.05. The molecule has 7 heteroatoms. The summed E-state index contributed by atoms with van der Waals surface area (Å²) < 4.78 is 24.8. The van der Waals surface area contributed by atoms with Gasteiger partial charge in [-0.3, -0.25) is 0 Å². The standard InChI is InChI=1S/C21H23FN2O3S/c1-26-20(25)17-9-3-5-11-19(17)23-21(28)24(14-16-8-6-12-27-16)13-15-7-2-4-10-18(15)22/h2-5,7,9-11,16H,6,8,12-14H2,1H3,(H,23,28)/t16-/m0/s1. The number of anilines is 1. The highest BCUT2D eigenvalue weighted by Crippen LogP contribution is 2.20. The maximum atomic E-state index is 14.2. The molecule has 148 valence electrons. The molecule has 0 radical (unpaired) electrons. The van der Waals surface area contributed by atoms with E-state index in [0.717, 1.165) is 19.4 Å². The molecule has 1 fully saturated rings. The fourth-order valence-corrected chi connectivity index (χ4v) is 3.41. The first-order valence-electron chi connectivity index (χ1n) is 9.16. The highest BCUT2D eigenvalue weighted by molar-refractivity contribution is 7.80. The predicted molar refractivity (Wildman–Crippen MR) is 110 cm³/mol. The monoisotopic (exact) mass is 402 g/mol. The van der Waals surface area contributed by atoms with Crippen LogP contribution in [0, 0.1) is 5.82 Å². The zero-order valence-electron chi connectivity index (χ0n) is 15.7. The van der Waals surface area contributed by atoms with Crippen molar-refractivity contribution in [1.29, 1.82) is 0 Å². The smallest absolute Gasteiger partial charge is 0.339 e. The average molecular weight is 402 g/mol. The highest BCUT2D eigenvalue weighted by Gasteiger charge is 2.23. The van der Waals surface area contributed by atoms with Gasteiger partial charge in [0.1, 0.15) is 5.82 Å². The molecule has 3 rings (SSSR count). The van der Waals surface area contributed by atoms with E-state index in [0.29, 0.717) is 35.0 Å². The van der Waals surface area contributed by atoms with Gasteiger partial charge in [-0.15, -0.1) is 0 Å². The number of hydrogen-bond donors (Lipinski definition) is 1. The minimum Gasteiger partial charge on any atom is -0.465 e. The van der Waals surface area contributed by atoms with Crippen molar-refractivity contribution in [2.75, 3.05) is 25.6 Å². The van der Waals surface area contributed by atoms with Crippen molar-refractivity contribution in [3.05, 3.63) is 65.5 Å². The molecule has 1 saturated heterocycles. The van der Waals surface area contributed by atoms with Crippen molar-refractivity contribution >= 4 is 29.0 Å². The Morgan fingerprint density at radius 3 is 2.75 bits per heavy atom. The van der Waals surface area contributed by atoms with E-state index in [4.69, 9.17) is 21.7 Å². The molecule has 0 unspecified atom stereocenters. The van der Waals surface area contributed by atoms with Gasteiger partial charge in [-0.25, -0.2) is 9.18 Å². The van der Waals surface area contributed by atoms with Gasteiger partial charge in [-0.2, -0.15) is 0 Å². The summed E-state index contributed by atoms with van der Waals surface area (Å²) >= 11 is 5.60. The van der Waals surface area contributed by atoms with Crippen LogP contribution >= 0.6 is 12.2 Å². The summed E-state index contributed by atoms with van der Waals surface area (Å²) in [6.45, 7) is 1.57. The second kappa shape index (κ2) is 9.61. The normalized spacial score (nSPS) is 15.9. The second-order valence-corrected chi connectivity index (χ2v) is 6.96. The number of methoxy groups -OCH3 is 1. The van der Waals surface area contributed by atoms with Crippen LogP contribution in [0.2, 0.25) is 0 Å². The molecule has 0 aromatic heterocycles. The van der Waals surface area contributed by atoms with Crippen molar-refractivity contribution in [1.82, 2.24) is 4.90 Å². The molecular formula is C21H23FN2O3S. The van der Waals surface area contributed by atoms with Gasteiger partial charge >= 0.3 is 5.97 Å². The molecular weight excluding hydrogens is 379 g/mol. The van der Waals surface area contributed by atoms with Crippen LogP contribution in [0.15, 0.2) is 48.5 Å². The molecule has 0 aliphatic carbocycles. The molecule has 1 N–H and O–H groups in total. The van der Waals surface area contributed by atoms with Crippen LogP contribution in [0.4, 0.5) is 10.1 Å². The van der Waals surface area contributed by atoms with E-state index in [2.05, 4.69) is 5.32 Å². The van der Waals surface area contributed by atoms with Gasteiger partial charge < -0.3 is 19.7 Å². The Kier molecular flexibility index (Phi) is 6.95. The van der Waals surface area contributed by atoms with Crippen LogP contribution in [-0.4, -0.2) is 42.3 Å². The number of esters is 1. The molecule has 0 bridgehead atoms. The SMILES string of the molecule is COC(=O)c1ccccc1NC(=S)N(Cc1ccccc1F)C[C@@H]1CCCO1. The number of thiocarbonyl (C=S) groups is 1. The Hall–Kier alpha value is -2.51. The molecule has 0 saturated carbocycles. The van der Waals surface area contributed by atoms with Crippen molar-refractivity contribution < 1.29 is 18.7 Å². The molecule has 1 aliphatic heterocycles. The molecule has 2 aromatic carbocycles. The third-order valence-corrected chi connectivity index (χ3v) is 4.99. The summed E-state index contributed by atoms with van der Waals surface area (Å²) in [6, 6.07) is 13.6. The maximum Gasteiger partial charge on any atom is 0.339 e. The minimum atomic E-state index is -0.453. The number of hydrogen-bond acceptors (Lipinski definition) is 4. The molecule has 2 aromatic rings. The van der Waals surface area contributed by atoms with E-state index in [-0.39, 0.29) is 11.9 Å². The van der Waals surface area contributed by atoms with Crippen LogP contribution in [-0.2, 0) is 16.0 Å². The number of benzene rings is 2. The van der Waals surface area contributed by atoms with Crippen LogP contribution in [0.3, 0.4) is 0 Å². The van der Waals surface area contributed by atoms with Gasteiger partial charge in [-0.05, 0) is 43.3 Å². The van der Waals surface area contributed by atoms with Gasteiger partial charge in [0.15, 0.2) is 5.11 Å². The zero-order valence-corrected chi connectivity index (χ0v) is 16.5. The predicted octanol–water partition coefficient (Wildman–Crippen LogP) is 3.99. The number of carbonyl (C=O) groups is 1. The van der Waals surface area contributed by atoms with Crippen LogP contribution in [0.25, 0.3) is 0 Å². The first kappa shape index (κ1) is 20.2. The lowest BCUT2D eigenvalue weighted by molar-refractivity contribution is 0.0602. The van der Waals surface area contributed by atoms with Gasteiger partial charge in [0.2, 0.25) is 0 Å². The lowest BCUT2D eigenvalue weighted by Gasteiger charge is -2.29. The van der Waals surface area contributed by atoms with Gasteiger partial charge in [0, 0.05) is 25.3 Å². The van der Waals surface area contributed by atoms with Crippen molar-refractivity contribution in [2.24, 2.45) is 0 Å². The number of para-hydroxylation sites is 1. The minimum absolute atomic E-state index is 0.0439. The third-order valence-electron chi connectivity index (χ3n) is 4.63. The van der Waals surface area contributed by atoms with E-state index >= 15 is 0 Å². The molecule has 1 heterocycles. The average Bonchev–Trinajstić information content (AvgIpc) is 3.22. The first-order valence-corrected chi connectivity index (χ1v) is 9.57. The number of nitrogens with one attached hydrogen (secondary N) is 1. The Balaban J connectivity index is 1.80. The quantitative estimate of drug-likeness (QED) is 0.582. The van der Waals surface area contributed by atoms with Crippen LogP contribution in [0.1, 0.15) is 28.8 Å². The number of rotatable bonds is 6. The first-order chi connectivity index (χ1) is 13.6. The van der Waals surface area contributed by atoms with E-state index < -0.39 is 5.97 Å². The Labute approximate surface area is 169 Å². The van der Waals surface area contributed by atoms with E-state index in [1.54, 1.807) is 42.5 Å². The Morgan fingerprint density at radius 2 is 2.04 bits per heavy atom. The van der Waals surface area contributed by atoms with Gasteiger partial charge in [0.25, 0.3) is 0 Å². The maximum absolute atomic E-state index is 14.2. The lowest BCUT2D eigenvalue weighted by Crippen LogP contribution is -2.40. The van der Waals surface area contributed by atoms with Crippen LogP contribution < -0.4 is 5.32 Å². The summed E-state index contributed by atoms with van der Waals surface area (Å²) in [5.41, 5.74) is 1.48. The summed E-state index contributed by atoms with van der Waals surface area (Å²) in [5.74, 6) is -0.733. The van der Waals surface area contributed by atoms with Gasteiger partial charge in [0.05, 0.1) is 24.5 Å². The van der Waals surface area contributed by atoms with E-state index in [1.807, 2.05) is 4.90 Å². The van der Waals surface area contributed by atoms with E-state index in [1.165, 1.54) is 13.2 Å². The molecule has 1 aliphatic rings. The van der Waals surface area contributed by atoms with Crippen LogP contribution in [0.5, 0.6) is 0 Å². The fraction of sp³-hybridized carbons (Fsp3) is 0.333. The molecule has 0 amide bonds. The molecule has 1 atom stereocenters. The number of ether oxygens (including phenoxy) is 2. The van der Waals surface area contributed by atoms with Crippen molar-refractivity contribution in [3.8, 4) is 0 Å². The number of nitrogens with zero attached hydrogens (tertiary/aromatic N) is 1. The van der Waals surface area contributed by atoms with Crippen molar-refractivity contribution in [2.45, 2.75) is 25.5 Å². The number of halogens is 1. The largest absolute Gasteiger partial charge is 0.465 e. The van der Waals surface area contributed by atoms with E-state index in [9.17, 15) is 9.18 Å². The summed E-state index contributed by atoms with van der Waals surface area (Å²) in [6.07, 6.45) is 1.99. The Bertz CT molecular complexity index is 840. The fourth-order valence-electron chi connectivity index (χ4n) is 3.16. The summed E-state index contributed by atoms with van der Waals surface area (Å²) in [7, 11) is 1.33. The molecule has 28 heavy (non-hydrogen) atoms. The Morgan fingerprint density at radius 1 is 1.29 bits per heavy atom. The highest BCUT2D eigenvalue weighted by atomic mass is 32.1. The molecule has 5 nitrogen and oxygen atoms in total. The van der Waals surface area contributed by atoms with Crippen molar-refractivity contribution in [3.63, 3.8) is 0 Å². The molecule has 0 spiro atoms. The lowest BCUT2D eigenvalue weighted by atomic mass is 10.1. The summed E-state index contributed by atoms with van der Waals surface area (Å²) in [5, 5.41) is 3.52. The second-order valence-electron chi connectivity index (χ2n) is 6.57. The number of carbonyl (C=O) groups excluding carboxylic acids is 1. The summed E-state index contributed by atoms with van der Waals surface area (Å²) in [4.78, 5) is 13.9. The topological polar surface area (TPSA) is 50.8 Å².